The number of aryl methyl sites for hydroxylation is 3. The molecule has 1 aromatic heterocycles. The molecular weight excluding hydrogens is 482 g/mol. The summed E-state index contributed by atoms with van der Waals surface area (Å²) in [6.07, 6.45) is 5.06. The van der Waals surface area contributed by atoms with Gasteiger partial charge in [-0.25, -0.2) is 4.79 Å². The van der Waals surface area contributed by atoms with Crippen molar-refractivity contribution in [1.82, 2.24) is 0 Å². The molecule has 1 aliphatic rings. The molecule has 4 nitrogen and oxygen atoms in total. The highest BCUT2D eigenvalue weighted by Crippen LogP contribution is 2.43. The highest BCUT2D eigenvalue weighted by Gasteiger charge is 2.43. The summed E-state index contributed by atoms with van der Waals surface area (Å²) in [5.74, 6) is 0.179. The molecule has 1 saturated carbocycles. The standard InChI is InChI=1S/C24H27Cl2O4S.Al/c1-15-10-16(12-17(25)11-15)6-8-20-19(21(26)13-22(20)30-14-27)5-3-4-18-7-9-23(31-18)24(28)29-2;/h7,9-12,19-22H,3-6,8,13H2,1-2H3;/t19-,20-,21-,22+;/m1./s1. The van der Waals surface area contributed by atoms with Crippen LogP contribution in [0.4, 0.5) is 4.79 Å². The van der Waals surface area contributed by atoms with E-state index >= 15 is 0 Å². The molecule has 1 fully saturated rings. The maximum atomic E-state index is 11.7. The zero-order chi connectivity index (χ0) is 23.3. The van der Waals surface area contributed by atoms with E-state index in [1.165, 1.54) is 24.0 Å². The number of hydrogen-bond acceptors (Lipinski definition) is 5. The summed E-state index contributed by atoms with van der Waals surface area (Å²) < 4.78 is 10.4. The third-order valence-corrected chi connectivity index (χ3v) is 8.08. The summed E-state index contributed by atoms with van der Waals surface area (Å²) >= 11 is 16.6. The van der Waals surface area contributed by atoms with E-state index in [9.17, 15) is 9.59 Å². The molecule has 1 heterocycles. The Kier molecular flexibility index (Phi) is 9.52. The summed E-state index contributed by atoms with van der Waals surface area (Å²) in [6, 6.07) is 9.91. The lowest BCUT2D eigenvalue weighted by Gasteiger charge is -2.26. The Morgan fingerprint density at radius 1 is 1.16 bits per heavy atom. The van der Waals surface area contributed by atoms with Crippen molar-refractivity contribution in [2.24, 2.45) is 11.8 Å². The lowest BCUT2D eigenvalue weighted by atomic mass is 9.85. The molecule has 4 atom stereocenters. The van der Waals surface area contributed by atoms with Crippen molar-refractivity contribution in [2.45, 2.75) is 56.9 Å². The predicted molar refractivity (Wildman–Crippen MR) is 130 cm³/mol. The van der Waals surface area contributed by atoms with Gasteiger partial charge in [-0.2, -0.15) is 0 Å². The fourth-order valence-electron chi connectivity index (χ4n) is 4.72. The lowest BCUT2D eigenvalue weighted by molar-refractivity contribution is 0.0606. The van der Waals surface area contributed by atoms with E-state index in [0.29, 0.717) is 11.3 Å². The number of rotatable bonds is 9. The van der Waals surface area contributed by atoms with E-state index in [2.05, 4.69) is 22.4 Å². The van der Waals surface area contributed by atoms with Crippen molar-refractivity contribution < 1.29 is 19.1 Å². The number of esters is 1. The number of carbonyl (C=O) groups excluding carboxylic acids is 2. The summed E-state index contributed by atoms with van der Waals surface area (Å²) in [7, 11) is 1.39. The molecule has 0 N–H and O–H groups in total. The van der Waals surface area contributed by atoms with Gasteiger partial charge in [0.15, 0.2) is 4.83 Å². The molecular formula is C24H27AlCl2O4S. The van der Waals surface area contributed by atoms with Crippen LogP contribution in [0.3, 0.4) is 0 Å². The fourth-order valence-corrected chi connectivity index (χ4v) is 6.66. The van der Waals surface area contributed by atoms with Gasteiger partial charge in [0.05, 0.1) is 7.11 Å². The van der Waals surface area contributed by atoms with E-state index in [-0.39, 0.29) is 34.1 Å². The molecule has 0 unspecified atom stereocenters. The third-order valence-electron chi connectivity index (χ3n) is 6.09. The third kappa shape index (κ3) is 6.98. The van der Waals surface area contributed by atoms with Crippen LogP contribution >= 0.6 is 34.5 Å². The van der Waals surface area contributed by atoms with Crippen LogP contribution in [0.2, 0.25) is 5.02 Å². The lowest BCUT2D eigenvalue weighted by Crippen LogP contribution is -2.26. The fraction of sp³-hybridized carbons (Fsp3) is 0.500. The Morgan fingerprint density at radius 2 is 1.94 bits per heavy atom. The topological polar surface area (TPSA) is 52.6 Å². The smallest absolute Gasteiger partial charge is 0.348 e. The van der Waals surface area contributed by atoms with Crippen LogP contribution in [-0.4, -0.2) is 45.7 Å². The highest BCUT2D eigenvalue weighted by molar-refractivity contribution is 7.13. The second-order valence-corrected chi connectivity index (χ2v) is 11.0. The maximum Gasteiger partial charge on any atom is 0.348 e. The molecule has 1 aliphatic carbocycles. The number of hydrogen-bond donors (Lipinski definition) is 0. The molecule has 170 valence electrons. The molecule has 1 aromatic carbocycles. The molecule has 0 amide bonds. The Labute approximate surface area is 212 Å². The Hall–Kier alpha value is -1.03. The van der Waals surface area contributed by atoms with Gasteiger partial charge in [0.2, 0.25) is 0 Å². The number of alkyl halides is 1. The molecule has 0 bridgehead atoms. The molecule has 3 rings (SSSR count). The van der Waals surface area contributed by atoms with Crippen LogP contribution in [0, 0.1) is 18.8 Å². The van der Waals surface area contributed by atoms with Crippen LogP contribution < -0.4 is 0 Å². The summed E-state index contributed by atoms with van der Waals surface area (Å²) in [4.78, 5) is 24.8. The molecule has 0 spiro atoms. The first kappa shape index (κ1) is 25.6. The van der Waals surface area contributed by atoms with Gasteiger partial charge < -0.3 is 9.47 Å². The Bertz CT molecular complexity index is 928. The SMILES string of the molecule is COC(=O)c1ccc(CCC[C@@H]2[C@@H](CCc3cc(C)cc(Cl)c3)[C@@H](O[C](=O)[Al])C[C@H]2Cl)s1. The summed E-state index contributed by atoms with van der Waals surface area (Å²) in [5.41, 5.74) is 2.33. The van der Waals surface area contributed by atoms with Crippen molar-refractivity contribution in [3.63, 3.8) is 0 Å². The maximum absolute atomic E-state index is 11.7. The number of benzene rings is 1. The number of methoxy groups -OCH3 is 1. The zero-order valence-corrected chi connectivity index (χ0v) is 21.8. The van der Waals surface area contributed by atoms with Gasteiger partial charge in [0.1, 0.15) is 11.0 Å². The first-order valence-electron chi connectivity index (χ1n) is 10.8. The Morgan fingerprint density at radius 3 is 2.62 bits per heavy atom. The minimum atomic E-state index is -0.336. The van der Waals surface area contributed by atoms with Gasteiger partial charge in [-0.1, -0.05) is 17.7 Å². The van der Waals surface area contributed by atoms with Crippen LogP contribution in [0.5, 0.6) is 0 Å². The van der Waals surface area contributed by atoms with E-state index in [1.54, 1.807) is 0 Å². The summed E-state index contributed by atoms with van der Waals surface area (Å²) in [6.45, 7) is 2.04. The van der Waals surface area contributed by atoms with Crippen LogP contribution in [0.25, 0.3) is 0 Å². The van der Waals surface area contributed by atoms with E-state index in [0.717, 1.165) is 47.6 Å². The van der Waals surface area contributed by atoms with Crippen molar-refractivity contribution in [3.8, 4) is 0 Å². The average molecular weight is 509 g/mol. The number of carbonyl (C=O) groups is 2. The van der Waals surface area contributed by atoms with Crippen LogP contribution in [0.1, 0.15) is 51.4 Å². The second kappa shape index (κ2) is 11.9. The van der Waals surface area contributed by atoms with Crippen LogP contribution in [0.15, 0.2) is 30.3 Å². The quantitative estimate of drug-likeness (QED) is 0.224. The number of ether oxygens (including phenoxy) is 2. The largest absolute Gasteiger partial charge is 0.479 e. The number of halogens is 2. The number of thiophene rings is 1. The van der Waals surface area contributed by atoms with Gasteiger partial charge in [-0.15, -0.1) is 22.9 Å². The average Bonchev–Trinajstić information content (AvgIpc) is 3.30. The predicted octanol–water partition coefficient (Wildman–Crippen LogP) is 6.37. The van der Waals surface area contributed by atoms with Crippen molar-refractivity contribution in [3.05, 3.63) is 56.2 Å². The second-order valence-electron chi connectivity index (χ2n) is 8.38. The molecule has 0 aliphatic heterocycles. The molecule has 32 heavy (non-hydrogen) atoms. The molecule has 0 saturated heterocycles. The Balaban J connectivity index is 1.63. The molecule has 2 radical (unpaired) electrons. The van der Waals surface area contributed by atoms with E-state index < -0.39 is 0 Å². The molecule has 8 heteroatoms. The first-order valence-corrected chi connectivity index (χ1v) is 13.0. The van der Waals surface area contributed by atoms with Gasteiger partial charge in [0, 0.05) is 27.6 Å². The summed E-state index contributed by atoms with van der Waals surface area (Å²) in [5, 5.41) is 0.720. The zero-order valence-electron chi connectivity index (χ0n) is 18.3. The van der Waals surface area contributed by atoms with Gasteiger partial charge in [-0.05, 0) is 80.3 Å². The van der Waals surface area contributed by atoms with Gasteiger partial charge in [-0.3, -0.25) is 4.79 Å². The van der Waals surface area contributed by atoms with Crippen molar-refractivity contribution in [2.75, 3.05) is 7.11 Å². The monoisotopic (exact) mass is 508 g/mol. The minimum absolute atomic E-state index is 0.0237. The molecule has 2 aromatic rings. The van der Waals surface area contributed by atoms with Crippen molar-refractivity contribution >= 4 is 61.6 Å². The van der Waals surface area contributed by atoms with Crippen molar-refractivity contribution in [1.29, 1.82) is 0 Å². The van der Waals surface area contributed by atoms with E-state index in [4.69, 9.17) is 32.7 Å². The first-order chi connectivity index (χ1) is 15.3. The van der Waals surface area contributed by atoms with E-state index in [1.807, 2.05) is 31.2 Å². The normalized spacial score (nSPS) is 22.6. The minimum Gasteiger partial charge on any atom is -0.479 e. The van der Waals surface area contributed by atoms with Crippen LogP contribution in [-0.2, 0) is 22.3 Å². The van der Waals surface area contributed by atoms with Gasteiger partial charge >= 0.3 is 22.3 Å². The highest BCUT2D eigenvalue weighted by atomic mass is 35.5. The van der Waals surface area contributed by atoms with Gasteiger partial charge in [0.25, 0.3) is 0 Å².